The summed E-state index contributed by atoms with van der Waals surface area (Å²) < 4.78 is 83.8. The molecule has 3 atom stereocenters. The standard InChI is InChI=1S/C26H30F4N2O3S/c27-22-14-18-15-23(32-9-3-10-32)21(13-17-4-1-5-19(12-17)26(28,29)30)20(18)16-24(22)35-11-8-25(6-2-7-25)31-36(33)34/h1,4-5,12,14,16,21,23,31H,2-3,6-11,13,15H2,(H,33,34). The number of hydrogen-bond acceptors (Lipinski definition) is 3. The van der Waals surface area contributed by atoms with Gasteiger partial charge in [-0.25, -0.2) is 13.3 Å². The number of ether oxygens (including phenoxy) is 1. The van der Waals surface area contributed by atoms with E-state index < -0.39 is 34.4 Å². The van der Waals surface area contributed by atoms with Crippen molar-refractivity contribution < 1.29 is 31.1 Å². The molecule has 5 rings (SSSR count). The van der Waals surface area contributed by atoms with Crippen molar-refractivity contribution in [3.63, 3.8) is 0 Å². The molecule has 1 heterocycles. The first-order chi connectivity index (χ1) is 17.1. The number of rotatable bonds is 9. The molecule has 5 nitrogen and oxygen atoms in total. The van der Waals surface area contributed by atoms with E-state index in [1.165, 1.54) is 18.2 Å². The Morgan fingerprint density at radius 1 is 1.17 bits per heavy atom. The molecule has 3 unspecified atom stereocenters. The molecule has 1 saturated heterocycles. The number of fused-ring (bicyclic) bond motifs is 1. The van der Waals surface area contributed by atoms with E-state index in [-0.39, 0.29) is 24.3 Å². The van der Waals surface area contributed by atoms with Gasteiger partial charge in [-0.2, -0.15) is 13.2 Å². The Hall–Kier alpha value is -2.01. The first-order valence-corrected chi connectivity index (χ1v) is 13.5. The lowest BCUT2D eigenvalue weighted by atomic mass is 9.75. The van der Waals surface area contributed by atoms with Gasteiger partial charge in [0, 0.05) is 23.9 Å². The van der Waals surface area contributed by atoms with E-state index in [1.54, 1.807) is 12.1 Å². The smallest absolute Gasteiger partial charge is 0.416 e. The molecule has 0 bridgehead atoms. The van der Waals surface area contributed by atoms with Crippen molar-refractivity contribution >= 4 is 11.3 Å². The maximum Gasteiger partial charge on any atom is 0.416 e. The molecule has 2 N–H and O–H groups in total. The summed E-state index contributed by atoms with van der Waals surface area (Å²) in [6.45, 7) is 2.06. The number of alkyl halides is 3. The fourth-order valence-electron chi connectivity index (χ4n) is 5.80. The van der Waals surface area contributed by atoms with Crippen LogP contribution in [0.2, 0.25) is 0 Å². The molecular weight excluding hydrogens is 496 g/mol. The second kappa shape index (κ2) is 10.0. The van der Waals surface area contributed by atoms with E-state index in [1.807, 2.05) is 0 Å². The number of benzene rings is 2. The molecule has 3 aliphatic rings. The minimum absolute atomic E-state index is 0.0665. The zero-order valence-electron chi connectivity index (χ0n) is 19.8. The van der Waals surface area contributed by atoms with Crippen molar-refractivity contribution in [3.8, 4) is 5.75 Å². The predicted octanol–water partition coefficient (Wildman–Crippen LogP) is 5.22. The molecule has 196 valence electrons. The summed E-state index contributed by atoms with van der Waals surface area (Å²) in [5, 5.41) is 0. The molecule has 2 aromatic rings. The first kappa shape index (κ1) is 25.6. The van der Waals surface area contributed by atoms with E-state index in [0.717, 1.165) is 56.0 Å². The van der Waals surface area contributed by atoms with Gasteiger partial charge in [-0.15, -0.1) is 0 Å². The van der Waals surface area contributed by atoms with Gasteiger partial charge in [0.1, 0.15) is 0 Å². The molecule has 10 heteroatoms. The van der Waals surface area contributed by atoms with Gasteiger partial charge in [-0.1, -0.05) is 18.2 Å². The number of nitrogens with zero attached hydrogens (tertiary/aromatic N) is 1. The third-order valence-corrected chi connectivity index (χ3v) is 8.62. The van der Waals surface area contributed by atoms with Crippen molar-refractivity contribution in [2.45, 2.75) is 68.6 Å². The highest BCUT2D eigenvalue weighted by atomic mass is 32.2. The fraction of sp³-hybridized carbons (Fsp3) is 0.538. The van der Waals surface area contributed by atoms with E-state index in [4.69, 9.17) is 4.74 Å². The van der Waals surface area contributed by atoms with Gasteiger partial charge in [0.05, 0.1) is 12.2 Å². The van der Waals surface area contributed by atoms with Crippen LogP contribution in [0.5, 0.6) is 5.75 Å². The molecule has 2 aliphatic carbocycles. The van der Waals surface area contributed by atoms with Gasteiger partial charge in [0.15, 0.2) is 11.6 Å². The highest BCUT2D eigenvalue weighted by Crippen LogP contribution is 2.43. The largest absolute Gasteiger partial charge is 0.490 e. The zero-order valence-corrected chi connectivity index (χ0v) is 20.6. The number of hydrogen-bond donors (Lipinski definition) is 2. The van der Waals surface area contributed by atoms with Crippen LogP contribution in [0.3, 0.4) is 0 Å². The van der Waals surface area contributed by atoms with E-state index in [0.29, 0.717) is 24.8 Å². The minimum atomic E-state index is -4.40. The lowest BCUT2D eigenvalue weighted by molar-refractivity contribution is -0.137. The Labute approximate surface area is 210 Å². The van der Waals surface area contributed by atoms with E-state index in [9.17, 15) is 26.3 Å². The Morgan fingerprint density at radius 3 is 2.56 bits per heavy atom. The summed E-state index contributed by atoms with van der Waals surface area (Å²) in [6, 6.07) is 8.78. The Balaban J connectivity index is 1.36. The van der Waals surface area contributed by atoms with Gasteiger partial charge in [-0.3, -0.25) is 9.45 Å². The van der Waals surface area contributed by atoms with Crippen LogP contribution in [0.25, 0.3) is 0 Å². The molecule has 0 radical (unpaired) electrons. The van der Waals surface area contributed by atoms with E-state index >= 15 is 0 Å². The third-order valence-electron chi connectivity index (χ3n) is 8.01. The molecule has 0 aromatic heterocycles. The fourth-order valence-corrected chi connectivity index (χ4v) is 6.47. The van der Waals surface area contributed by atoms with Gasteiger partial charge < -0.3 is 4.74 Å². The summed E-state index contributed by atoms with van der Waals surface area (Å²) in [7, 11) is 0. The predicted molar refractivity (Wildman–Crippen MR) is 129 cm³/mol. The monoisotopic (exact) mass is 526 g/mol. The summed E-state index contributed by atoms with van der Waals surface area (Å²) in [4.78, 5) is 2.33. The SMILES string of the molecule is O=S(O)NC1(CCOc2cc3c(cc2F)CC(N2CCC2)C3Cc2cccc(C(F)(F)F)c2)CCC1. The van der Waals surface area contributed by atoms with Crippen LogP contribution in [0.1, 0.15) is 60.3 Å². The van der Waals surface area contributed by atoms with E-state index in [2.05, 4.69) is 9.62 Å². The second-order valence-corrected chi connectivity index (χ2v) is 10.9. The van der Waals surface area contributed by atoms with Crippen molar-refractivity contribution in [2.24, 2.45) is 0 Å². The van der Waals surface area contributed by atoms with Crippen LogP contribution in [0, 0.1) is 5.82 Å². The van der Waals surface area contributed by atoms with Gasteiger partial charge in [0.2, 0.25) is 11.3 Å². The summed E-state index contributed by atoms with van der Waals surface area (Å²) in [5.41, 5.74) is 1.27. The molecule has 36 heavy (non-hydrogen) atoms. The van der Waals surface area contributed by atoms with Gasteiger partial charge >= 0.3 is 6.18 Å². The van der Waals surface area contributed by atoms with Gasteiger partial charge in [-0.05, 0) is 86.5 Å². The summed E-state index contributed by atoms with van der Waals surface area (Å²) >= 11 is -2.13. The molecule has 0 amide bonds. The topological polar surface area (TPSA) is 61.8 Å². The second-order valence-electron chi connectivity index (χ2n) is 10.2. The highest BCUT2D eigenvalue weighted by Gasteiger charge is 2.40. The third kappa shape index (κ3) is 5.32. The van der Waals surface area contributed by atoms with Gasteiger partial charge in [0.25, 0.3) is 0 Å². The normalized spacial score (nSPS) is 24.0. The molecule has 2 aromatic carbocycles. The van der Waals surface area contributed by atoms with Crippen molar-refractivity contribution in [2.75, 3.05) is 19.7 Å². The number of likely N-dealkylation sites (tertiary alicyclic amines) is 1. The van der Waals surface area contributed by atoms with Crippen LogP contribution in [-0.2, 0) is 30.3 Å². The Kier molecular flexibility index (Phi) is 7.15. The molecule has 1 aliphatic heterocycles. The zero-order chi connectivity index (χ0) is 25.5. The van der Waals surface area contributed by atoms with Crippen LogP contribution in [0.4, 0.5) is 17.6 Å². The van der Waals surface area contributed by atoms with Crippen LogP contribution in [0.15, 0.2) is 36.4 Å². The molecular formula is C26H30F4N2O3S. The Bertz CT molecular complexity index is 1130. The molecule has 2 fully saturated rings. The van der Waals surface area contributed by atoms with Crippen LogP contribution < -0.4 is 9.46 Å². The number of halogens is 4. The highest BCUT2D eigenvalue weighted by molar-refractivity contribution is 7.77. The average Bonchev–Trinajstić information content (AvgIpc) is 3.06. The average molecular weight is 527 g/mol. The molecule has 0 spiro atoms. The summed E-state index contributed by atoms with van der Waals surface area (Å²) in [5.74, 6) is -0.410. The van der Waals surface area contributed by atoms with Crippen LogP contribution >= 0.6 is 0 Å². The lowest BCUT2D eigenvalue weighted by Crippen LogP contribution is -2.52. The molecule has 1 saturated carbocycles. The van der Waals surface area contributed by atoms with Crippen molar-refractivity contribution in [3.05, 3.63) is 64.5 Å². The Morgan fingerprint density at radius 2 is 1.94 bits per heavy atom. The first-order valence-electron chi connectivity index (χ1n) is 12.4. The lowest BCUT2D eigenvalue weighted by Gasteiger charge is -2.41. The summed E-state index contributed by atoms with van der Waals surface area (Å²) in [6.07, 6.45) is 0.703. The van der Waals surface area contributed by atoms with Crippen LogP contribution in [-0.4, -0.2) is 44.9 Å². The number of nitrogens with one attached hydrogen (secondary N) is 1. The maximum absolute atomic E-state index is 15.0. The minimum Gasteiger partial charge on any atom is -0.490 e. The maximum atomic E-state index is 15.0. The quantitative estimate of drug-likeness (QED) is 0.348. The van der Waals surface area contributed by atoms with Crippen molar-refractivity contribution in [1.29, 1.82) is 0 Å². The van der Waals surface area contributed by atoms with Crippen molar-refractivity contribution in [1.82, 2.24) is 9.62 Å².